The number of nitrogens with one attached hydrogen (secondary N) is 1. The Morgan fingerprint density at radius 1 is 1.12 bits per heavy atom. The molecular formula is C10H17NO6. The van der Waals surface area contributed by atoms with Crippen LogP contribution in [0, 0.1) is 5.92 Å². The van der Waals surface area contributed by atoms with Crippen LogP contribution in [0.4, 0.5) is 4.79 Å². The minimum absolute atomic E-state index is 0.778. The van der Waals surface area contributed by atoms with Gasteiger partial charge in [0.1, 0.15) is 11.6 Å². The van der Waals surface area contributed by atoms with Crippen molar-refractivity contribution >= 4 is 18.0 Å². The van der Waals surface area contributed by atoms with E-state index in [-0.39, 0.29) is 0 Å². The molecule has 0 aromatic heterocycles. The lowest BCUT2D eigenvalue weighted by atomic mass is 10.0. The van der Waals surface area contributed by atoms with Crippen LogP contribution in [-0.4, -0.2) is 39.9 Å². The molecule has 0 aromatic carbocycles. The molecule has 7 heteroatoms. The molecule has 0 aliphatic rings. The van der Waals surface area contributed by atoms with Gasteiger partial charge < -0.3 is 20.3 Å². The standard InChI is InChI=1S/C10H17NO6/c1-5(7(12)13)6(8(14)15)11-9(16)17-10(2,3)4/h5-6H,1-4H3,(H,11,16)(H,12,13)(H,14,15)/t5-,6+/m1/s1. The van der Waals surface area contributed by atoms with Crippen molar-refractivity contribution in [3.8, 4) is 0 Å². The van der Waals surface area contributed by atoms with Crippen LogP contribution in [-0.2, 0) is 14.3 Å². The number of amides is 1. The Morgan fingerprint density at radius 2 is 1.59 bits per heavy atom. The van der Waals surface area contributed by atoms with E-state index in [9.17, 15) is 14.4 Å². The van der Waals surface area contributed by atoms with E-state index in [1.165, 1.54) is 6.92 Å². The van der Waals surface area contributed by atoms with Crippen molar-refractivity contribution in [3.63, 3.8) is 0 Å². The maximum Gasteiger partial charge on any atom is 0.408 e. The smallest absolute Gasteiger partial charge is 0.408 e. The van der Waals surface area contributed by atoms with Gasteiger partial charge in [-0.05, 0) is 27.7 Å². The normalized spacial score (nSPS) is 14.6. The number of carboxylic acid groups (broad SMARTS) is 2. The molecule has 0 saturated carbocycles. The predicted octanol–water partition coefficient (Wildman–Crippen LogP) is 0.685. The quantitative estimate of drug-likeness (QED) is 0.673. The highest BCUT2D eigenvalue weighted by molar-refractivity contribution is 5.86. The van der Waals surface area contributed by atoms with Gasteiger partial charge >= 0.3 is 18.0 Å². The summed E-state index contributed by atoms with van der Waals surface area (Å²) < 4.78 is 4.84. The van der Waals surface area contributed by atoms with Crippen LogP contribution in [0.1, 0.15) is 27.7 Å². The van der Waals surface area contributed by atoms with E-state index in [2.05, 4.69) is 0 Å². The molecule has 0 radical (unpaired) electrons. The maximum atomic E-state index is 11.3. The highest BCUT2D eigenvalue weighted by Crippen LogP contribution is 2.09. The molecule has 0 unspecified atom stereocenters. The van der Waals surface area contributed by atoms with Gasteiger partial charge in [0.2, 0.25) is 0 Å². The van der Waals surface area contributed by atoms with Gasteiger partial charge in [-0.3, -0.25) is 4.79 Å². The molecule has 98 valence electrons. The number of carbonyl (C=O) groups is 3. The third-order valence-corrected chi connectivity index (χ3v) is 1.83. The number of hydrogen-bond donors (Lipinski definition) is 3. The Kier molecular flexibility index (Phi) is 4.93. The zero-order chi connectivity index (χ0) is 13.8. The molecule has 0 aromatic rings. The summed E-state index contributed by atoms with van der Waals surface area (Å²) >= 11 is 0. The Bertz CT molecular complexity index is 319. The zero-order valence-electron chi connectivity index (χ0n) is 10.2. The first-order valence-electron chi connectivity index (χ1n) is 4.99. The lowest BCUT2D eigenvalue weighted by Gasteiger charge is -2.23. The fourth-order valence-electron chi connectivity index (χ4n) is 0.978. The summed E-state index contributed by atoms with van der Waals surface area (Å²) in [6.07, 6.45) is -0.960. The number of aliphatic carboxylic acids is 2. The summed E-state index contributed by atoms with van der Waals surface area (Å²) in [5, 5.41) is 19.5. The van der Waals surface area contributed by atoms with Crippen LogP contribution in [0.2, 0.25) is 0 Å². The minimum Gasteiger partial charge on any atom is -0.481 e. The Balaban J connectivity index is 4.62. The fraction of sp³-hybridized carbons (Fsp3) is 0.700. The van der Waals surface area contributed by atoms with E-state index >= 15 is 0 Å². The second kappa shape index (κ2) is 5.51. The van der Waals surface area contributed by atoms with E-state index in [1.807, 2.05) is 5.32 Å². The SMILES string of the molecule is C[C@@H](C(=O)O)[C@H](NC(=O)OC(C)(C)C)C(=O)O. The number of rotatable bonds is 4. The summed E-state index contributed by atoms with van der Waals surface area (Å²) in [5.41, 5.74) is -0.778. The van der Waals surface area contributed by atoms with Crippen molar-refractivity contribution in [2.24, 2.45) is 5.92 Å². The molecule has 0 rings (SSSR count). The summed E-state index contributed by atoms with van der Waals surface area (Å²) in [4.78, 5) is 32.8. The van der Waals surface area contributed by atoms with Gasteiger partial charge in [0.25, 0.3) is 0 Å². The largest absolute Gasteiger partial charge is 0.481 e. The molecule has 0 aliphatic carbocycles. The first-order chi connectivity index (χ1) is 7.54. The van der Waals surface area contributed by atoms with Gasteiger partial charge in [-0.15, -0.1) is 0 Å². The molecule has 0 heterocycles. The molecule has 0 fully saturated rings. The third-order valence-electron chi connectivity index (χ3n) is 1.83. The molecule has 3 N–H and O–H groups in total. The molecule has 2 atom stereocenters. The average Bonchev–Trinajstić information content (AvgIpc) is 2.09. The summed E-state index contributed by atoms with van der Waals surface area (Å²) in [6.45, 7) is 6.04. The van der Waals surface area contributed by atoms with Gasteiger partial charge in [0.05, 0.1) is 5.92 Å². The highest BCUT2D eigenvalue weighted by Gasteiger charge is 2.32. The molecular weight excluding hydrogens is 230 g/mol. The monoisotopic (exact) mass is 247 g/mol. The lowest BCUT2D eigenvalue weighted by Crippen LogP contribution is -2.49. The van der Waals surface area contributed by atoms with Crippen LogP contribution in [0.25, 0.3) is 0 Å². The predicted molar refractivity (Wildman–Crippen MR) is 57.6 cm³/mol. The van der Waals surface area contributed by atoms with Crippen LogP contribution < -0.4 is 5.32 Å². The van der Waals surface area contributed by atoms with Crippen molar-refractivity contribution in [1.29, 1.82) is 0 Å². The molecule has 0 aliphatic heterocycles. The van der Waals surface area contributed by atoms with Crippen LogP contribution >= 0.6 is 0 Å². The van der Waals surface area contributed by atoms with Crippen LogP contribution in [0.15, 0.2) is 0 Å². The summed E-state index contributed by atoms with van der Waals surface area (Å²) in [5.74, 6) is -3.99. The number of carboxylic acids is 2. The van der Waals surface area contributed by atoms with Crippen molar-refractivity contribution in [3.05, 3.63) is 0 Å². The van der Waals surface area contributed by atoms with E-state index in [1.54, 1.807) is 20.8 Å². The van der Waals surface area contributed by atoms with E-state index in [4.69, 9.17) is 14.9 Å². The molecule has 1 amide bonds. The van der Waals surface area contributed by atoms with Gasteiger partial charge in [-0.25, -0.2) is 9.59 Å². The average molecular weight is 247 g/mol. The Morgan fingerprint density at radius 3 is 1.88 bits per heavy atom. The molecule has 0 spiro atoms. The van der Waals surface area contributed by atoms with Gasteiger partial charge in [0, 0.05) is 0 Å². The highest BCUT2D eigenvalue weighted by atomic mass is 16.6. The van der Waals surface area contributed by atoms with Crippen LogP contribution in [0.5, 0.6) is 0 Å². The number of hydrogen-bond acceptors (Lipinski definition) is 4. The van der Waals surface area contributed by atoms with E-state index in [0.717, 1.165) is 0 Å². The van der Waals surface area contributed by atoms with Gasteiger partial charge in [0.15, 0.2) is 0 Å². The minimum atomic E-state index is -1.53. The summed E-state index contributed by atoms with van der Waals surface area (Å²) in [6, 6.07) is -1.53. The van der Waals surface area contributed by atoms with Crippen LogP contribution in [0.3, 0.4) is 0 Å². The van der Waals surface area contributed by atoms with E-state index in [0.29, 0.717) is 0 Å². The second-order valence-corrected chi connectivity index (χ2v) is 4.59. The van der Waals surface area contributed by atoms with Crippen molar-refractivity contribution in [2.75, 3.05) is 0 Å². The summed E-state index contributed by atoms with van der Waals surface area (Å²) in [7, 11) is 0. The molecule has 7 nitrogen and oxygen atoms in total. The maximum absolute atomic E-state index is 11.3. The molecule has 0 saturated heterocycles. The third kappa shape index (κ3) is 5.74. The number of ether oxygens (including phenoxy) is 1. The van der Waals surface area contributed by atoms with E-state index < -0.39 is 35.6 Å². The number of alkyl carbamates (subject to hydrolysis) is 1. The Hall–Kier alpha value is -1.79. The van der Waals surface area contributed by atoms with Crippen molar-refractivity contribution in [2.45, 2.75) is 39.3 Å². The molecule has 0 bridgehead atoms. The second-order valence-electron chi connectivity index (χ2n) is 4.59. The zero-order valence-corrected chi connectivity index (χ0v) is 10.2. The first-order valence-corrected chi connectivity index (χ1v) is 4.99. The molecule has 17 heavy (non-hydrogen) atoms. The fourth-order valence-corrected chi connectivity index (χ4v) is 0.978. The topological polar surface area (TPSA) is 113 Å². The van der Waals surface area contributed by atoms with Gasteiger partial charge in [-0.1, -0.05) is 0 Å². The van der Waals surface area contributed by atoms with Crippen molar-refractivity contribution in [1.82, 2.24) is 5.32 Å². The van der Waals surface area contributed by atoms with Crippen molar-refractivity contribution < 1.29 is 29.3 Å². The number of carbonyl (C=O) groups excluding carboxylic acids is 1. The Labute approximate surface area is 98.8 Å². The first kappa shape index (κ1) is 15.2. The van der Waals surface area contributed by atoms with Gasteiger partial charge in [-0.2, -0.15) is 0 Å². The lowest BCUT2D eigenvalue weighted by molar-refractivity contribution is -0.150.